The van der Waals surface area contributed by atoms with E-state index in [0.29, 0.717) is 17.8 Å². The van der Waals surface area contributed by atoms with E-state index in [-0.39, 0.29) is 18.9 Å². The van der Waals surface area contributed by atoms with Crippen molar-refractivity contribution in [1.29, 1.82) is 0 Å². The topological polar surface area (TPSA) is 126 Å². The first-order chi connectivity index (χ1) is 18.0. The molecule has 0 fully saturated rings. The van der Waals surface area contributed by atoms with Crippen molar-refractivity contribution in [3.05, 3.63) is 101 Å². The van der Waals surface area contributed by atoms with Gasteiger partial charge in [0, 0.05) is 18.8 Å². The Balaban J connectivity index is 1.23. The molecule has 9 heteroatoms. The summed E-state index contributed by atoms with van der Waals surface area (Å²) in [6.45, 7) is 0.0961. The van der Waals surface area contributed by atoms with Gasteiger partial charge >= 0.3 is 12.1 Å². The van der Waals surface area contributed by atoms with Crippen LogP contribution in [0.2, 0.25) is 0 Å². The molecule has 3 N–H and O–H groups in total. The number of aromatic nitrogens is 3. The molecular weight excluding hydrogens is 472 g/mol. The number of hydrogen-bond donors (Lipinski definition) is 3. The normalized spacial score (nSPS) is 12.9. The third-order valence-electron chi connectivity index (χ3n) is 6.56. The number of nitrogens with one attached hydrogen (secondary N) is 2. The lowest BCUT2D eigenvalue weighted by Crippen LogP contribution is -2.43. The Bertz CT molecular complexity index is 1370. The number of ether oxygens (including phenoxy) is 2. The van der Waals surface area contributed by atoms with Crippen LogP contribution in [0.3, 0.4) is 0 Å². The molecule has 1 aromatic heterocycles. The standard InChI is InChI=1S/C28H26N4O5/c1-36-18-12-10-17(11-13-18)14-24-25(31-32-30-24)15-26(27(33)34)29-28(35)37-16-23-21-8-4-2-6-19(21)20-7-3-5-9-22(20)23/h2-13,23,26H,14-16H2,1H3,(H,29,35)(H,33,34)(H,30,31,32)/t26-/m0/s1. The van der Waals surface area contributed by atoms with E-state index in [0.717, 1.165) is 33.6 Å². The van der Waals surface area contributed by atoms with Crippen LogP contribution in [0.1, 0.15) is 34.0 Å². The summed E-state index contributed by atoms with van der Waals surface area (Å²) in [5, 5.41) is 23.1. The van der Waals surface area contributed by atoms with E-state index >= 15 is 0 Å². The Kier molecular flexibility index (Phi) is 6.85. The summed E-state index contributed by atoms with van der Waals surface area (Å²) in [5.41, 5.74) is 6.42. The van der Waals surface area contributed by atoms with E-state index in [1.165, 1.54) is 0 Å². The number of aliphatic carboxylic acids is 1. The van der Waals surface area contributed by atoms with E-state index in [4.69, 9.17) is 9.47 Å². The van der Waals surface area contributed by atoms with Gasteiger partial charge in [-0.2, -0.15) is 15.4 Å². The molecule has 188 valence electrons. The number of hydrogen-bond acceptors (Lipinski definition) is 6. The number of carbonyl (C=O) groups excluding carboxylic acids is 1. The molecule has 37 heavy (non-hydrogen) atoms. The molecule has 9 nitrogen and oxygen atoms in total. The van der Waals surface area contributed by atoms with Crippen molar-refractivity contribution in [2.45, 2.75) is 24.8 Å². The minimum atomic E-state index is -1.23. The molecule has 0 saturated heterocycles. The molecule has 0 aliphatic heterocycles. The highest BCUT2D eigenvalue weighted by molar-refractivity contribution is 5.81. The zero-order valence-corrected chi connectivity index (χ0v) is 20.2. The molecule has 1 heterocycles. The number of carbonyl (C=O) groups is 2. The van der Waals surface area contributed by atoms with Crippen LogP contribution in [-0.4, -0.2) is 52.3 Å². The number of carboxylic acid groups (broad SMARTS) is 1. The predicted octanol–water partition coefficient (Wildman–Crippen LogP) is 3.94. The average molecular weight is 499 g/mol. The second-order valence-electron chi connectivity index (χ2n) is 8.81. The number of H-pyrrole nitrogens is 1. The lowest BCUT2D eigenvalue weighted by atomic mass is 9.98. The number of fused-ring (bicyclic) bond motifs is 3. The first-order valence-corrected chi connectivity index (χ1v) is 11.9. The Morgan fingerprint density at radius 3 is 2.19 bits per heavy atom. The Morgan fingerprint density at radius 2 is 1.57 bits per heavy atom. The van der Waals surface area contributed by atoms with Crippen LogP contribution in [0.5, 0.6) is 5.75 Å². The number of benzene rings is 3. The van der Waals surface area contributed by atoms with Gasteiger partial charge in [0.2, 0.25) is 0 Å². The summed E-state index contributed by atoms with van der Waals surface area (Å²) in [6.07, 6.45) is -0.385. The van der Waals surface area contributed by atoms with Crippen molar-refractivity contribution in [1.82, 2.24) is 20.7 Å². The van der Waals surface area contributed by atoms with Crippen molar-refractivity contribution >= 4 is 12.1 Å². The van der Waals surface area contributed by atoms with Crippen molar-refractivity contribution in [2.75, 3.05) is 13.7 Å². The fourth-order valence-corrected chi connectivity index (χ4v) is 4.69. The molecule has 3 aromatic carbocycles. The highest BCUT2D eigenvalue weighted by Gasteiger charge is 2.30. The number of methoxy groups -OCH3 is 1. The number of amides is 1. The van der Waals surface area contributed by atoms with Gasteiger partial charge in [-0.15, -0.1) is 0 Å². The molecule has 1 aliphatic rings. The van der Waals surface area contributed by atoms with Crippen LogP contribution in [0.25, 0.3) is 11.1 Å². The maximum atomic E-state index is 12.7. The van der Waals surface area contributed by atoms with Gasteiger partial charge in [-0.1, -0.05) is 60.7 Å². The van der Waals surface area contributed by atoms with Crippen LogP contribution in [0.15, 0.2) is 72.8 Å². The van der Waals surface area contributed by atoms with E-state index in [9.17, 15) is 14.7 Å². The summed E-state index contributed by atoms with van der Waals surface area (Å²) < 4.78 is 10.7. The number of nitrogens with zero attached hydrogens (tertiary/aromatic N) is 2. The first-order valence-electron chi connectivity index (χ1n) is 11.9. The zero-order valence-electron chi connectivity index (χ0n) is 20.2. The fourth-order valence-electron chi connectivity index (χ4n) is 4.69. The number of alkyl carbamates (subject to hydrolysis) is 1. The molecule has 0 spiro atoms. The molecule has 0 unspecified atom stereocenters. The molecule has 1 amide bonds. The van der Waals surface area contributed by atoms with Gasteiger partial charge in [0.05, 0.1) is 18.5 Å². The quantitative estimate of drug-likeness (QED) is 0.319. The molecule has 0 radical (unpaired) electrons. The van der Waals surface area contributed by atoms with Crippen LogP contribution in [0.4, 0.5) is 4.79 Å². The Labute approximate surface area is 213 Å². The Hall–Kier alpha value is -4.66. The summed E-state index contributed by atoms with van der Waals surface area (Å²) >= 11 is 0. The van der Waals surface area contributed by atoms with Gasteiger partial charge in [-0.3, -0.25) is 0 Å². The summed E-state index contributed by atoms with van der Waals surface area (Å²) in [4.78, 5) is 24.6. The van der Waals surface area contributed by atoms with Gasteiger partial charge in [0.15, 0.2) is 0 Å². The highest BCUT2D eigenvalue weighted by atomic mass is 16.5. The SMILES string of the molecule is COc1ccc(Cc2n[nH]nc2C[C@H](NC(=O)OCC2c3ccccc3-c3ccccc32)C(=O)O)cc1. The minimum absolute atomic E-state index is 0.0402. The first kappa shape index (κ1) is 24.1. The van der Waals surface area contributed by atoms with Crippen molar-refractivity contribution < 1.29 is 24.2 Å². The number of rotatable bonds is 9. The van der Waals surface area contributed by atoms with Gasteiger partial charge in [-0.25, -0.2) is 9.59 Å². The summed E-state index contributed by atoms with van der Waals surface area (Å²) in [5.74, 6) is -0.567. The van der Waals surface area contributed by atoms with E-state index < -0.39 is 18.1 Å². The lowest BCUT2D eigenvalue weighted by molar-refractivity contribution is -0.139. The summed E-state index contributed by atoms with van der Waals surface area (Å²) in [7, 11) is 1.60. The van der Waals surface area contributed by atoms with Gasteiger partial charge in [0.25, 0.3) is 0 Å². The van der Waals surface area contributed by atoms with Crippen LogP contribution in [0, 0.1) is 0 Å². The third kappa shape index (κ3) is 5.16. The maximum Gasteiger partial charge on any atom is 0.407 e. The lowest BCUT2D eigenvalue weighted by Gasteiger charge is -2.17. The van der Waals surface area contributed by atoms with Crippen LogP contribution in [-0.2, 0) is 22.4 Å². The largest absolute Gasteiger partial charge is 0.497 e. The molecule has 1 aliphatic carbocycles. The fraction of sp³-hybridized carbons (Fsp3) is 0.214. The van der Waals surface area contributed by atoms with E-state index in [2.05, 4.69) is 32.9 Å². The predicted molar refractivity (Wildman–Crippen MR) is 136 cm³/mol. The van der Waals surface area contributed by atoms with E-state index in [1.807, 2.05) is 60.7 Å². The van der Waals surface area contributed by atoms with E-state index in [1.54, 1.807) is 7.11 Å². The molecule has 0 bridgehead atoms. The average Bonchev–Trinajstić information content (AvgIpc) is 3.49. The number of aromatic amines is 1. The van der Waals surface area contributed by atoms with Gasteiger partial charge in [-0.05, 0) is 39.9 Å². The van der Waals surface area contributed by atoms with Gasteiger partial charge in [0.1, 0.15) is 18.4 Å². The van der Waals surface area contributed by atoms with Crippen molar-refractivity contribution in [3.8, 4) is 16.9 Å². The minimum Gasteiger partial charge on any atom is -0.497 e. The van der Waals surface area contributed by atoms with Crippen molar-refractivity contribution in [2.24, 2.45) is 0 Å². The zero-order chi connectivity index (χ0) is 25.8. The third-order valence-corrected chi connectivity index (χ3v) is 6.56. The highest BCUT2D eigenvalue weighted by Crippen LogP contribution is 2.44. The second-order valence-corrected chi connectivity index (χ2v) is 8.81. The Morgan fingerprint density at radius 1 is 0.946 bits per heavy atom. The van der Waals surface area contributed by atoms with Gasteiger partial charge < -0.3 is 19.9 Å². The van der Waals surface area contributed by atoms with Crippen molar-refractivity contribution in [3.63, 3.8) is 0 Å². The molecule has 5 rings (SSSR count). The smallest absolute Gasteiger partial charge is 0.407 e. The van der Waals surface area contributed by atoms with Crippen LogP contribution >= 0.6 is 0 Å². The van der Waals surface area contributed by atoms with Crippen LogP contribution < -0.4 is 10.1 Å². The maximum absolute atomic E-state index is 12.7. The molecule has 0 saturated carbocycles. The summed E-state index contributed by atoms with van der Waals surface area (Å²) in [6, 6.07) is 22.3. The molecular formula is C28H26N4O5. The second kappa shape index (κ2) is 10.5. The number of carboxylic acids is 1. The molecule has 1 atom stereocenters. The monoisotopic (exact) mass is 498 g/mol. The molecule has 4 aromatic rings.